The molecule has 2 rings (SSSR count). The van der Waals surface area contributed by atoms with Gasteiger partial charge in [0.25, 0.3) is 5.56 Å². The van der Waals surface area contributed by atoms with Gasteiger partial charge in [0.1, 0.15) is 0 Å². The van der Waals surface area contributed by atoms with Crippen molar-refractivity contribution in [3.63, 3.8) is 0 Å². The monoisotopic (exact) mass is 240 g/mol. The van der Waals surface area contributed by atoms with E-state index in [2.05, 4.69) is 15.0 Å². The number of aromatic nitrogens is 2. The number of H-pyrrole nitrogens is 1. The second-order valence-corrected chi connectivity index (χ2v) is 3.84. The molecule has 1 aromatic heterocycles. The first kappa shape index (κ1) is 12.0. The van der Waals surface area contributed by atoms with Crippen molar-refractivity contribution in [3.05, 3.63) is 57.5 Å². The minimum Gasteiger partial charge on any atom is -0.290 e. The zero-order valence-corrected chi connectivity index (χ0v) is 9.90. The second kappa shape index (κ2) is 5.21. The van der Waals surface area contributed by atoms with E-state index >= 15 is 0 Å². The number of hydrogen-bond acceptors (Lipinski definition) is 4. The van der Waals surface area contributed by atoms with Gasteiger partial charge in [0.05, 0.1) is 11.7 Å². The summed E-state index contributed by atoms with van der Waals surface area (Å²) in [7, 11) is 0. The summed E-state index contributed by atoms with van der Waals surface area (Å²) in [6.45, 7) is 1.76. The number of benzene rings is 1. The quantitative estimate of drug-likeness (QED) is 0.805. The van der Waals surface area contributed by atoms with Crippen molar-refractivity contribution in [1.29, 1.82) is 5.41 Å². The van der Waals surface area contributed by atoms with Crippen molar-refractivity contribution in [2.24, 2.45) is 4.99 Å². The minimum absolute atomic E-state index is 0.115. The third-order valence-corrected chi connectivity index (χ3v) is 2.60. The fourth-order valence-corrected chi connectivity index (χ4v) is 1.71. The van der Waals surface area contributed by atoms with Gasteiger partial charge in [-0.2, -0.15) is 0 Å². The first-order valence-electron chi connectivity index (χ1n) is 5.47. The Morgan fingerprint density at radius 1 is 1.39 bits per heavy atom. The van der Waals surface area contributed by atoms with Crippen LogP contribution in [-0.4, -0.2) is 16.0 Å². The molecule has 0 fully saturated rings. The van der Waals surface area contributed by atoms with Gasteiger partial charge in [-0.05, 0) is 12.5 Å². The van der Waals surface area contributed by atoms with Gasteiger partial charge in [0.15, 0.2) is 0 Å². The molecule has 5 heteroatoms. The molecule has 2 N–H and O–H groups in total. The average Bonchev–Trinajstić information content (AvgIpc) is 2.36. The highest BCUT2D eigenvalue weighted by molar-refractivity contribution is 5.43. The Balaban J connectivity index is 2.41. The van der Waals surface area contributed by atoms with E-state index in [1.165, 1.54) is 0 Å². The molecule has 18 heavy (non-hydrogen) atoms. The molecule has 1 heterocycles. The summed E-state index contributed by atoms with van der Waals surface area (Å²) in [5.41, 5.74) is 2.07. The predicted octanol–water partition coefficient (Wildman–Crippen LogP) is 2.05. The van der Waals surface area contributed by atoms with Crippen molar-refractivity contribution in [2.75, 3.05) is 0 Å². The van der Waals surface area contributed by atoms with Gasteiger partial charge >= 0.3 is 0 Å². The molecule has 0 atom stereocenters. The summed E-state index contributed by atoms with van der Waals surface area (Å²) >= 11 is 0. The third kappa shape index (κ3) is 2.59. The van der Waals surface area contributed by atoms with Crippen LogP contribution in [0.5, 0.6) is 0 Å². The average molecular weight is 240 g/mol. The lowest BCUT2D eigenvalue weighted by Gasteiger charge is -2.04. The van der Waals surface area contributed by atoms with E-state index in [0.717, 1.165) is 5.56 Å². The van der Waals surface area contributed by atoms with Crippen molar-refractivity contribution in [3.8, 4) is 0 Å². The highest BCUT2D eigenvalue weighted by Gasteiger charge is 2.08. The second-order valence-electron chi connectivity index (χ2n) is 3.84. The van der Waals surface area contributed by atoms with Crippen LogP contribution in [0.3, 0.4) is 0 Å². The molecule has 1 aromatic carbocycles. The highest BCUT2D eigenvalue weighted by Crippen LogP contribution is 2.10. The molecule has 0 saturated heterocycles. The van der Waals surface area contributed by atoms with Crippen LogP contribution < -0.4 is 5.56 Å². The van der Waals surface area contributed by atoms with Gasteiger partial charge < -0.3 is 0 Å². The van der Waals surface area contributed by atoms with Crippen LogP contribution in [0.2, 0.25) is 0 Å². The van der Waals surface area contributed by atoms with Gasteiger partial charge in [0, 0.05) is 12.0 Å². The first-order valence-corrected chi connectivity index (χ1v) is 5.47. The number of nitrogens with zero attached hydrogens (tertiary/aromatic N) is 2. The van der Waals surface area contributed by atoms with Crippen LogP contribution >= 0.6 is 0 Å². The van der Waals surface area contributed by atoms with Crippen molar-refractivity contribution >= 4 is 12.0 Å². The molecule has 0 spiro atoms. The van der Waals surface area contributed by atoms with Gasteiger partial charge in [-0.25, -0.2) is 10.4 Å². The topological polar surface area (TPSA) is 82.0 Å². The fraction of sp³-hybridized carbons (Fsp3) is 0.154. The Morgan fingerprint density at radius 2 is 2.11 bits per heavy atom. The van der Waals surface area contributed by atoms with Gasteiger partial charge in [-0.3, -0.25) is 9.78 Å². The Hall–Kier alpha value is -2.52. The smallest absolute Gasteiger partial charge is 0.256 e. The lowest BCUT2D eigenvalue weighted by molar-refractivity contribution is 0.975. The summed E-state index contributed by atoms with van der Waals surface area (Å²) in [4.78, 5) is 22.1. The van der Waals surface area contributed by atoms with E-state index in [-0.39, 0.29) is 11.5 Å². The molecule has 2 aromatic rings. The number of aromatic amines is 1. The minimum atomic E-state index is -0.222. The first-order chi connectivity index (χ1) is 8.70. The zero-order valence-electron chi connectivity index (χ0n) is 9.90. The highest BCUT2D eigenvalue weighted by atomic mass is 16.1. The Morgan fingerprint density at radius 3 is 2.72 bits per heavy atom. The largest absolute Gasteiger partial charge is 0.290 e. The summed E-state index contributed by atoms with van der Waals surface area (Å²) < 4.78 is 0. The van der Waals surface area contributed by atoms with E-state index in [1.54, 1.807) is 6.92 Å². The number of aliphatic imine (C=N–C) groups is 1. The summed E-state index contributed by atoms with van der Waals surface area (Å²) in [5, 5.41) is 6.74. The molecule has 0 bridgehead atoms. The molecule has 0 aliphatic rings. The van der Waals surface area contributed by atoms with Crippen LogP contribution in [0, 0.1) is 12.3 Å². The zero-order chi connectivity index (χ0) is 13.0. The van der Waals surface area contributed by atoms with E-state index in [4.69, 9.17) is 5.41 Å². The molecule has 0 radical (unpaired) electrons. The SMILES string of the molecule is Cc1nc(N=C=N)[nH]c(=O)c1Cc1ccccc1. The third-order valence-electron chi connectivity index (χ3n) is 2.60. The Bertz CT molecular complexity index is 654. The number of hydrogen-bond donors (Lipinski definition) is 2. The molecule has 0 aliphatic heterocycles. The van der Waals surface area contributed by atoms with Crippen molar-refractivity contribution in [1.82, 2.24) is 9.97 Å². The van der Waals surface area contributed by atoms with Gasteiger partial charge in [0.2, 0.25) is 5.95 Å². The molecule has 0 unspecified atom stereocenters. The van der Waals surface area contributed by atoms with Gasteiger partial charge in [-0.15, -0.1) is 4.99 Å². The summed E-state index contributed by atoms with van der Waals surface area (Å²) in [6, 6.07) is 11.6. The molecule has 90 valence electrons. The molecule has 0 aliphatic carbocycles. The van der Waals surface area contributed by atoms with Crippen molar-refractivity contribution in [2.45, 2.75) is 13.3 Å². The van der Waals surface area contributed by atoms with Crippen LogP contribution in [-0.2, 0) is 6.42 Å². The van der Waals surface area contributed by atoms with E-state index in [1.807, 2.05) is 36.3 Å². The predicted molar refractivity (Wildman–Crippen MR) is 68.7 cm³/mol. The fourth-order valence-electron chi connectivity index (χ4n) is 1.71. The maximum Gasteiger partial charge on any atom is 0.256 e. The van der Waals surface area contributed by atoms with E-state index in [9.17, 15) is 4.79 Å². The summed E-state index contributed by atoms with van der Waals surface area (Å²) in [6.07, 6.45) is 0.531. The van der Waals surface area contributed by atoms with Crippen LogP contribution in [0.1, 0.15) is 16.8 Å². The molecule has 5 nitrogen and oxygen atoms in total. The Labute approximate surface area is 104 Å². The van der Waals surface area contributed by atoms with Crippen LogP contribution in [0.4, 0.5) is 5.95 Å². The van der Waals surface area contributed by atoms with E-state index in [0.29, 0.717) is 17.7 Å². The lowest BCUT2D eigenvalue weighted by atomic mass is 10.1. The maximum absolute atomic E-state index is 11.9. The van der Waals surface area contributed by atoms with E-state index < -0.39 is 0 Å². The normalized spacial score (nSPS) is 9.83. The molecular formula is C13H12N4O. The maximum atomic E-state index is 11.9. The standard InChI is InChI=1S/C13H12N4O/c1-9-11(7-10-5-3-2-4-6-10)12(18)17-13(16-9)15-8-14/h2-6,14H,7H2,1H3,(H,16,17,18). The van der Waals surface area contributed by atoms with Gasteiger partial charge in [-0.1, -0.05) is 30.3 Å². The molecule has 0 amide bonds. The number of aryl methyl sites for hydroxylation is 1. The summed E-state index contributed by atoms with van der Waals surface area (Å²) in [5.74, 6) is 0.115. The molecular weight excluding hydrogens is 228 g/mol. The number of rotatable bonds is 3. The molecule has 0 saturated carbocycles. The van der Waals surface area contributed by atoms with Crippen LogP contribution in [0.25, 0.3) is 0 Å². The van der Waals surface area contributed by atoms with Crippen molar-refractivity contribution < 1.29 is 0 Å². The Kier molecular flexibility index (Phi) is 3.46. The lowest BCUT2D eigenvalue weighted by Crippen LogP contribution is -2.16. The number of nitrogens with one attached hydrogen (secondary N) is 2. The van der Waals surface area contributed by atoms with Crippen LogP contribution in [0.15, 0.2) is 40.1 Å².